The number of aliphatic carboxylic acids is 1. The Kier molecular flexibility index (Phi) is 2.84. The van der Waals surface area contributed by atoms with Gasteiger partial charge in [0.15, 0.2) is 0 Å². The Bertz CT molecular complexity index is 312. The zero-order chi connectivity index (χ0) is 9.84. The van der Waals surface area contributed by atoms with Crippen molar-refractivity contribution >= 4 is 11.8 Å². The first-order chi connectivity index (χ1) is 6.11. The lowest BCUT2D eigenvalue weighted by Crippen LogP contribution is -2.44. The number of anilines is 1. The molecule has 0 saturated heterocycles. The SMILES string of the molecule is CC(C[n+]1ccccc1N)C(=O)[O-]. The highest BCUT2D eigenvalue weighted by atomic mass is 16.4. The molecule has 0 amide bonds. The van der Waals surface area contributed by atoms with E-state index >= 15 is 0 Å². The average Bonchev–Trinajstić information content (AvgIpc) is 2.08. The van der Waals surface area contributed by atoms with E-state index in [1.165, 1.54) is 0 Å². The number of rotatable bonds is 3. The molecule has 0 bridgehead atoms. The van der Waals surface area contributed by atoms with Gasteiger partial charge in [-0.2, -0.15) is 0 Å². The summed E-state index contributed by atoms with van der Waals surface area (Å²) in [4.78, 5) is 10.4. The number of carbonyl (C=O) groups is 1. The lowest BCUT2D eigenvalue weighted by atomic mass is 10.2. The average molecular weight is 180 g/mol. The first kappa shape index (κ1) is 9.51. The molecule has 0 aliphatic rings. The molecule has 0 aliphatic carbocycles. The third-order valence-corrected chi connectivity index (χ3v) is 1.85. The summed E-state index contributed by atoms with van der Waals surface area (Å²) < 4.78 is 1.68. The highest BCUT2D eigenvalue weighted by Gasteiger charge is 2.09. The molecule has 0 spiro atoms. The summed E-state index contributed by atoms with van der Waals surface area (Å²) in [5.74, 6) is -1.04. The van der Waals surface area contributed by atoms with E-state index in [4.69, 9.17) is 5.73 Å². The zero-order valence-electron chi connectivity index (χ0n) is 7.43. The van der Waals surface area contributed by atoms with Crippen LogP contribution in [0.25, 0.3) is 0 Å². The lowest BCUT2D eigenvalue weighted by Gasteiger charge is -2.11. The maximum Gasteiger partial charge on any atom is 0.272 e. The van der Waals surface area contributed by atoms with Crippen LogP contribution in [0.2, 0.25) is 0 Å². The van der Waals surface area contributed by atoms with Crippen molar-refractivity contribution in [3.05, 3.63) is 24.4 Å². The molecule has 70 valence electrons. The maximum atomic E-state index is 10.4. The summed E-state index contributed by atoms with van der Waals surface area (Å²) in [7, 11) is 0. The predicted octanol–water partition coefficient (Wildman–Crippen LogP) is -1.06. The molecule has 0 aromatic carbocycles. The second-order valence-electron chi connectivity index (χ2n) is 3.00. The summed E-state index contributed by atoms with van der Waals surface area (Å²) in [6.45, 7) is 1.93. The van der Waals surface area contributed by atoms with E-state index in [1.807, 2.05) is 0 Å². The van der Waals surface area contributed by atoms with Gasteiger partial charge in [0.1, 0.15) is 0 Å². The van der Waals surface area contributed by atoms with Crippen molar-refractivity contribution in [3.8, 4) is 0 Å². The third kappa shape index (κ3) is 2.43. The Hall–Kier alpha value is -1.58. The van der Waals surface area contributed by atoms with Gasteiger partial charge in [-0.3, -0.25) is 5.73 Å². The van der Waals surface area contributed by atoms with Crippen molar-refractivity contribution in [1.82, 2.24) is 0 Å². The summed E-state index contributed by atoms with van der Waals surface area (Å²) in [6.07, 6.45) is 1.74. The van der Waals surface area contributed by atoms with Crippen molar-refractivity contribution in [2.24, 2.45) is 5.92 Å². The van der Waals surface area contributed by atoms with Crippen LogP contribution in [0.4, 0.5) is 5.82 Å². The lowest BCUT2D eigenvalue weighted by molar-refractivity contribution is -0.687. The van der Waals surface area contributed by atoms with Gasteiger partial charge in [-0.25, -0.2) is 4.57 Å². The number of carbonyl (C=O) groups excluding carboxylic acids is 1. The van der Waals surface area contributed by atoms with Crippen LogP contribution in [-0.4, -0.2) is 5.97 Å². The van der Waals surface area contributed by atoms with Crippen molar-refractivity contribution in [3.63, 3.8) is 0 Å². The fourth-order valence-corrected chi connectivity index (χ4v) is 1.03. The normalized spacial score (nSPS) is 12.4. The number of hydrogen-bond acceptors (Lipinski definition) is 3. The van der Waals surface area contributed by atoms with Gasteiger partial charge in [-0.05, 0) is 6.07 Å². The van der Waals surface area contributed by atoms with Crippen molar-refractivity contribution in [1.29, 1.82) is 0 Å². The molecule has 13 heavy (non-hydrogen) atoms. The van der Waals surface area contributed by atoms with E-state index in [9.17, 15) is 9.90 Å². The van der Waals surface area contributed by atoms with Gasteiger partial charge in [0.2, 0.25) is 0 Å². The topological polar surface area (TPSA) is 70.0 Å². The number of aromatic nitrogens is 1. The van der Waals surface area contributed by atoms with Crippen LogP contribution in [0.15, 0.2) is 24.4 Å². The number of nitrogens with zero attached hydrogens (tertiary/aromatic N) is 1. The molecule has 2 N–H and O–H groups in total. The van der Waals surface area contributed by atoms with Crippen LogP contribution in [0.1, 0.15) is 6.92 Å². The van der Waals surface area contributed by atoms with Crippen LogP contribution in [-0.2, 0) is 11.3 Å². The van der Waals surface area contributed by atoms with Crippen molar-refractivity contribution < 1.29 is 14.5 Å². The molecular formula is C9H12N2O2. The van der Waals surface area contributed by atoms with Gasteiger partial charge in [0.05, 0.1) is 12.7 Å². The van der Waals surface area contributed by atoms with Gasteiger partial charge in [0, 0.05) is 18.0 Å². The maximum absolute atomic E-state index is 10.4. The Balaban J connectivity index is 2.74. The van der Waals surface area contributed by atoms with Crippen molar-refractivity contribution in [2.45, 2.75) is 13.5 Å². The van der Waals surface area contributed by atoms with Gasteiger partial charge in [0.25, 0.3) is 5.82 Å². The minimum atomic E-state index is -1.06. The molecule has 1 unspecified atom stereocenters. The van der Waals surface area contributed by atoms with Gasteiger partial charge >= 0.3 is 0 Å². The minimum absolute atomic E-state index is 0.342. The van der Waals surface area contributed by atoms with Crippen molar-refractivity contribution in [2.75, 3.05) is 5.73 Å². The number of hydrogen-bond donors (Lipinski definition) is 1. The second kappa shape index (κ2) is 3.89. The standard InChI is InChI=1S/C9H12N2O2/c1-7(9(12)13)6-11-5-3-2-4-8(11)10/h2-5,7,10H,6H2,1H3,(H,12,13). The predicted molar refractivity (Wildman–Crippen MR) is 45.2 cm³/mol. The van der Waals surface area contributed by atoms with E-state index in [2.05, 4.69) is 0 Å². The summed E-state index contributed by atoms with van der Waals surface area (Å²) in [6, 6.07) is 5.33. The third-order valence-electron chi connectivity index (χ3n) is 1.85. The number of pyridine rings is 1. The fraction of sp³-hybridized carbons (Fsp3) is 0.333. The molecule has 1 aromatic rings. The molecule has 0 aliphatic heterocycles. The Labute approximate surface area is 76.6 Å². The number of carboxylic acid groups (broad SMARTS) is 1. The zero-order valence-corrected chi connectivity index (χ0v) is 7.43. The van der Waals surface area contributed by atoms with Gasteiger partial charge in [-0.1, -0.05) is 13.0 Å². The summed E-state index contributed by atoms with van der Waals surface area (Å²) in [5.41, 5.74) is 5.62. The van der Waals surface area contributed by atoms with Crippen LogP contribution in [0.3, 0.4) is 0 Å². The first-order valence-corrected chi connectivity index (χ1v) is 4.06. The number of nitrogen functional groups attached to an aromatic ring is 1. The first-order valence-electron chi connectivity index (χ1n) is 4.06. The van der Waals surface area contributed by atoms with Gasteiger partial charge < -0.3 is 9.90 Å². The molecule has 4 heteroatoms. The number of carboxylic acids is 1. The van der Waals surface area contributed by atoms with E-state index in [-0.39, 0.29) is 0 Å². The molecule has 0 radical (unpaired) electrons. The molecule has 0 saturated carbocycles. The van der Waals surface area contributed by atoms with E-state index < -0.39 is 11.9 Å². The van der Waals surface area contributed by atoms with E-state index in [0.717, 1.165) is 0 Å². The molecule has 1 heterocycles. The molecule has 1 rings (SSSR count). The molecular weight excluding hydrogens is 168 g/mol. The van der Waals surface area contributed by atoms with Gasteiger partial charge in [-0.15, -0.1) is 0 Å². The monoisotopic (exact) mass is 180 g/mol. The fourth-order valence-electron chi connectivity index (χ4n) is 1.03. The van der Waals surface area contributed by atoms with Crippen LogP contribution in [0, 0.1) is 5.92 Å². The minimum Gasteiger partial charge on any atom is -0.550 e. The highest BCUT2D eigenvalue weighted by molar-refractivity contribution is 5.66. The molecule has 4 nitrogen and oxygen atoms in total. The Morgan fingerprint density at radius 3 is 2.92 bits per heavy atom. The number of nitrogens with two attached hydrogens (primary N) is 1. The van der Waals surface area contributed by atoms with E-state index in [1.54, 1.807) is 35.9 Å². The van der Waals surface area contributed by atoms with Crippen LogP contribution < -0.4 is 15.4 Å². The second-order valence-corrected chi connectivity index (χ2v) is 3.00. The highest BCUT2D eigenvalue weighted by Crippen LogP contribution is 1.96. The largest absolute Gasteiger partial charge is 0.550 e. The Morgan fingerprint density at radius 1 is 1.69 bits per heavy atom. The van der Waals surface area contributed by atoms with Crippen LogP contribution in [0.5, 0.6) is 0 Å². The molecule has 1 atom stereocenters. The molecule has 0 fully saturated rings. The summed E-state index contributed by atoms with van der Waals surface area (Å²) in [5, 5.41) is 10.4. The smallest absolute Gasteiger partial charge is 0.272 e. The Morgan fingerprint density at radius 2 is 2.38 bits per heavy atom. The summed E-state index contributed by atoms with van der Waals surface area (Å²) >= 11 is 0. The van der Waals surface area contributed by atoms with E-state index in [0.29, 0.717) is 12.4 Å². The quantitative estimate of drug-likeness (QED) is 0.603. The van der Waals surface area contributed by atoms with Crippen LogP contribution >= 0.6 is 0 Å². The molecule has 1 aromatic heterocycles.